The second kappa shape index (κ2) is 15.7. The number of hydrogen-bond donors (Lipinski definition) is 0. The second-order valence-corrected chi connectivity index (χ2v) is 10.3. The molecule has 0 aliphatic carbocycles. The molecule has 27 heavy (non-hydrogen) atoms. The zero-order valence-corrected chi connectivity index (χ0v) is 19.9. The average molecular weight is 401 g/mol. The molecule has 0 bridgehead atoms. The van der Waals surface area contributed by atoms with Crippen LogP contribution in [0.4, 0.5) is 0 Å². The van der Waals surface area contributed by atoms with Crippen LogP contribution >= 0.6 is 8.03 Å². The first kappa shape index (κ1) is 26.8. The molecule has 0 aliphatic heterocycles. The number of allylic oxidation sites excluding steroid dienone is 2. The Morgan fingerprint density at radius 1 is 0.778 bits per heavy atom. The number of nitrogens with zero attached hydrogens (tertiary/aromatic N) is 1. The highest BCUT2D eigenvalue weighted by Gasteiger charge is 2.52. The fourth-order valence-corrected chi connectivity index (χ4v) is 5.03. The Morgan fingerprint density at radius 2 is 1.22 bits per heavy atom. The molecule has 0 radical (unpaired) electrons. The van der Waals surface area contributed by atoms with E-state index in [0.29, 0.717) is 10.9 Å². The molecule has 0 aromatic carbocycles. The predicted octanol–water partition coefficient (Wildman–Crippen LogP) is 6.94. The molecule has 2 atom stereocenters. The molecule has 4 heteroatoms. The van der Waals surface area contributed by atoms with Crippen molar-refractivity contribution in [3.63, 3.8) is 0 Å². The molecular formula is C23H47NO2P+. The molecule has 0 fully saturated rings. The number of unbranched alkanes of at least 4 members (excludes halogenated alkanes) is 11. The van der Waals surface area contributed by atoms with Crippen LogP contribution in [0.1, 0.15) is 110 Å². The molecular weight excluding hydrogens is 353 g/mol. The van der Waals surface area contributed by atoms with Crippen LogP contribution in [0.3, 0.4) is 0 Å². The quantitative estimate of drug-likeness (QED) is 0.108. The lowest BCUT2D eigenvalue weighted by molar-refractivity contribution is -0.910. The van der Waals surface area contributed by atoms with Gasteiger partial charge in [-0.3, -0.25) is 4.48 Å². The van der Waals surface area contributed by atoms with E-state index in [1.807, 2.05) is 28.1 Å². The van der Waals surface area contributed by atoms with Gasteiger partial charge in [0.15, 0.2) is 0 Å². The highest BCUT2D eigenvalue weighted by molar-refractivity contribution is 7.38. The van der Waals surface area contributed by atoms with Gasteiger partial charge in [-0.25, -0.2) is 0 Å². The third kappa shape index (κ3) is 11.4. The molecule has 0 aliphatic rings. The van der Waals surface area contributed by atoms with E-state index >= 15 is 0 Å². The maximum atomic E-state index is 11.9. The largest absolute Gasteiger partial charge is 0.590 e. The van der Waals surface area contributed by atoms with Gasteiger partial charge in [-0.1, -0.05) is 88.4 Å². The first-order valence-corrected chi connectivity index (χ1v) is 12.6. The smallest absolute Gasteiger partial charge is 0.376 e. The van der Waals surface area contributed by atoms with Crippen molar-refractivity contribution >= 4 is 8.03 Å². The van der Waals surface area contributed by atoms with Gasteiger partial charge in [0.25, 0.3) is 5.28 Å². The highest BCUT2D eigenvalue weighted by atomic mass is 31.1. The minimum absolute atomic E-state index is 0.511. The van der Waals surface area contributed by atoms with Gasteiger partial charge in [-0.05, 0) is 25.7 Å². The number of hydrogen-bond acceptors (Lipinski definition) is 2. The summed E-state index contributed by atoms with van der Waals surface area (Å²) in [6.07, 6.45) is 22.8. The van der Waals surface area contributed by atoms with Crippen LogP contribution in [0.15, 0.2) is 12.2 Å². The van der Waals surface area contributed by atoms with Crippen molar-refractivity contribution in [1.29, 1.82) is 0 Å². The molecule has 0 saturated carbocycles. The van der Waals surface area contributed by atoms with E-state index in [4.69, 9.17) is 0 Å². The summed E-state index contributed by atoms with van der Waals surface area (Å²) in [4.78, 5) is 11.9. The number of quaternary nitrogens is 1. The second-order valence-electron chi connectivity index (χ2n) is 8.94. The Hall–Kier alpha value is -0.240. The van der Waals surface area contributed by atoms with Crippen LogP contribution in [0.5, 0.6) is 0 Å². The standard InChI is InChI=1S/C23H47NO2P/c1-6-8-9-10-11-12-13-14-15-16-17-18-19-20-21-22-23(7-2,27(25)26)24(3,4)5/h9-10H,6-8,11-22H2,1-5H3/q+1/b10-9-. The van der Waals surface area contributed by atoms with Crippen molar-refractivity contribution in [2.24, 2.45) is 0 Å². The van der Waals surface area contributed by atoms with Crippen LogP contribution in [-0.4, -0.2) is 30.9 Å². The van der Waals surface area contributed by atoms with Crippen molar-refractivity contribution in [2.45, 2.75) is 115 Å². The van der Waals surface area contributed by atoms with Crippen LogP contribution in [0, 0.1) is 0 Å². The lowest BCUT2D eigenvalue weighted by Crippen LogP contribution is -2.55. The van der Waals surface area contributed by atoms with E-state index in [9.17, 15) is 9.46 Å². The van der Waals surface area contributed by atoms with Crippen molar-refractivity contribution in [1.82, 2.24) is 0 Å². The Balaban J connectivity index is 3.65. The van der Waals surface area contributed by atoms with E-state index < -0.39 is 13.3 Å². The summed E-state index contributed by atoms with van der Waals surface area (Å²) in [5, 5.41) is -0.596. The molecule has 0 heterocycles. The van der Waals surface area contributed by atoms with Gasteiger partial charge < -0.3 is 4.89 Å². The average Bonchev–Trinajstić information content (AvgIpc) is 2.60. The fourth-order valence-electron chi connectivity index (χ4n) is 3.94. The van der Waals surface area contributed by atoms with Crippen LogP contribution < -0.4 is 4.89 Å². The molecule has 0 rings (SSSR count). The SMILES string of the molecule is CCC/C=C\CCCCCCCCCCCCC(CC)([P+](=O)[O-])[N+](C)(C)C. The van der Waals surface area contributed by atoms with E-state index in [0.717, 1.165) is 19.3 Å². The van der Waals surface area contributed by atoms with Crippen molar-refractivity contribution in [3.8, 4) is 0 Å². The van der Waals surface area contributed by atoms with Crippen LogP contribution in [0.2, 0.25) is 0 Å². The molecule has 0 spiro atoms. The summed E-state index contributed by atoms with van der Waals surface area (Å²) in [6, 6.07) is 0. The molecule has 0 N–H and O–H groups in total. The Kier molecular flexibility index (Phi) is 15.5. The first-order valence-electron chi connectivity index (χ1n) is 11.4. The summed E-state index contributed by atoms with van der Waals surface area (Å²) in [5.41, 5.74) is 0. The summed E-state index contributed by atoms with van der Waals surface area (Å²) in [5.74, 6) is 0. The van der Waals surface area contributed by atoms with E-state index in [2.05, 4.69) is 19.1 Å². The van der Waals surface area contributed by atoms with Gasteiger partial charge in [0.05, 0.1) is 21.1 Å². The monoisotopic (exact) mass is 400 g/mol. The molecule has 0 aromatic heterocycles. The van der Waals surface area contributed by atoms with Gasteiger partial charge in [-0.2, -0.15) is 0 Å². The van der Waals surface area contributed by atoms with E-state index in [1.54, 1.807) is 0 Å². The van der Waals surface area contributed by atoms with Gasteiger partial charge in [0.1, 0.15) is 0 Å². The van der Waals surface area contributed by atoms with Gasteiger partial charge in [0, 0.05) is 12.8 Å². The molecule has 3 nitrogen and oxygen atoms in total. The Bertz CT molecular complexity index is 404. The number of rotatable bonds is 18. The maximum Gasteiger partial charge on any atom is 0.376 e. The fraction of sp³-hybridized carbons (Fsp3) is 0.913. The van der Waals surface area contributed by atoms with Crippen LogP contribution in [-0.2, 0) is 4.57 Å². The third-order valence-electron chi connectivity index (χ3n) is 5.97. The van der Waals surface area contributed by atoms with Crippen molar-refractivity contribution in [3.05, 3.63) is 12.2 Å². The summed E-state index contributed by atoms with van der Waals surface area (Å²) in [7, 11) is 3.62. The van der Waals surface area contributed by atoms with Crippen molar-refractivity contribution in [2.75, 3.05) is 21.1 Å². The Morgan fingerprint density at radius 3 is 1.63 bits per heavy atom. The third-order valence-corrected chi connectivity index (χ3v) is 7.79. The molecule has 0 amide bonds. The zero-order chi connectivity index (χ0) is 20.6. The minimum atomic E-state index is -2.41. The summed E-state index contributed by atoms with van der Waals surface area (Å²) in [6.45, 7) is 4.24. The van der Waals surface area contributed by atoms with E-state index in [1.165, 1.54) is 70.6 Å². The predicted molar refractivity (Wildman–Crippen MR) is 118 cm³/mol. The summed E-state index contributed by atoms with van der Waals surface area (Å²) < 4.78 is 12.4. The molecule has 0 aromatic rings. The van der Waals surface area contributed by atoms with Gasteiger partial charge in [0.2, 0.25) is 0 Å². The lowest BCUT2D eigenvalue weighted by atomic mass is 10.0. The molecule has 0 saturated heterocycles. The summed E-state index contributed by atoms with van der Waals surface area (Å²) >= 11 is 0. The van der Waals surface area contributed by atoms with Crippen LogP contribution in [0.25, 0.3) is 0 Å². The highest BCUT2D eigenvalue weighted by Crippen LogP contribution is 2.44. The van der Waals surface area contributed by atoms with Gasteiger partial charge >= 0.3 is 8.03 Å². The van der Waals surface area contributed by atoms with Gasteiger partial charge in [-0.15, -0.1) is 0 Å². The molecule has 160 valence electrons. The molecule has 2 unspecified atom stereocenters. The first-order chi connectivity index (χ1) is 12.8. The Labute approximate surface area is 171 Å². The normalized spacial score (nSPS) is 15.3. The van der Waals surface area contributed by atoms with Crippen molar-refractivity contribution < 1.29 is 13.9 Å². The minimum Gasteiger partial charge on any atom is -0.590 e. The maximum absolute atomic E-state index is 11.9. The van der Waals surface area contributed by atoms with E-state index in [-0.39, 0.29) is 0 Å². The zero-order valence-electron chi connectivity index (χ0n) is 19.0. The lowest BCUT2D eigenvalue weighted by Gasteiger charge is -2.39. The topological polar surface area (TPSA) is 40.1 Å².